The summed E-state index contributed by atoms with van der Waals surface area (Å²) in [5.41, 5.74) is 0. The quantitative estimate of drug-likeness (QED) is 0.651. The highest BCUT2D eigenvalue weighted by atomic mass is 16.6. The van der Waals surface area contributed by atoms with E-state index in [-0.39, 0.29) is 18.1 Å². The summed E-state index contributed by atoms with van der Waals surface area (Å²) in [4.78, 5) is 14.0. The molecule has 150 valence electrons. The molecule has 0 radical (unpaired) electrons. The van der Waals surface area contributed by atoms with Gasteiger partial charge in [-0.3, -0.25) is 9.69 Å². The van der Waals surface area contributed by atoms with Crippen molar-refractivity contribution in [3.05, 3.63) is 24.3 Å². The van der Waals surface area contributed by atoms with Crippen LogP contribution in [0.15, 0.2) is 24.3 Å². The first-order valence-electron chi connectivity index (χ1n) is 9.83. The number of nitrogens with one attached hydrogen (secondary N) is 2. The summed E-state index contributed by atoms with van der Waals surface area (Å²) in [5, 5.41) is 16.8. The molecule has 2 atom stereocenters. The molecule has 0 aromatic heterocycles. The molecule has 2 heterocycles. The van der Waals surface area contributed by atoms with Gasteiger partial charge >= 0.3 is 0 Å². The number of para-hydroxylation sites is 2. The number of fused-ring (bicyclic) bond motifs is 1. The Kier molecular flexibility index (Phi) is 6.93. The van der Waals surface area contributed by atoms with Gasteiger partial charge in [-0.15, -0.1) is 0 Å². The molecule has 1 aromatic carbocycles. The van der Waals surface area contributed by atoms with Gasteiger partial charge in [0.25, 0.3) is 0 Å². The third kappa shape index (κ3) is 5.82. The highest BCUT2D eigenvalue weighted by Crippen LogP contribution is 2.31. The first-order valence-corrected chi connectivity index (χ1v) is 9.83. The van der Waals surface area contributed by atoms with Gasteiger partial charge in [0.15, 0.2) is 17.6 Å². The van der Waals surface area contributed by atoms with Gasteiger partial charge < -0.3 is 25.2 Å². The summed E-state index contributed by atoms with van der Waals surface area (Å²) in [6, 6.07) is 8.04. The van der Waals surface area contributed by atoms with Crippen molar-refractivity contribution in [1.29, 1.82) is 0 Å². The maximum absolute atomic E-state index is 11.9. The highest BCUT2D eigenvalue weighted by molar-refractivity contribution is 5.78. The normalized spacial score (nSPS) is 21.9. The van der Waals surface area contributed by atoms with E-state index in [0.717, 1.165) is 31.7 Å². The van der Waals surface area contributed by atoms with E-state index in [1.165, 1.54) is 0 Å². The third-order valence-electron chi connectivity index (χ3n) is 4.98. The minimum absolute atomic E-state index is 0.0848. The molecule has 0 bridgehead atoms. The number of hydrogen-bond donors (Lipinski definition) is 3. The summed E-state index contributed by atoms with van der Waals surface area (Å²) in [6.07, 6.45) is 0.930. The molecule has 0 saturated carbocycles. The standard InChI is InChI=1S/C20H31N3O4/c1-14(2)22-20(25)12-23-9-7-15(8-10-23)21-11-16(24)19-13-26-17-5-3-4-6-18(17)27-19/h3-6,14-16,19,21,24H,7-13H2,1-2H3,(H,22,25). The predicted molar refractivity (Wildman–Crippen MR) is 103 cm³/mol. The summed E-state index contributed by atoms with van der Waals surface area (Å²) >= 11 is 0. The lowest BCUT2D eigenvalue weighted by Gasteiger charge is -2.34. The van der Waals surface area contributed by atoms with Crippen molar-refractivity contribution in [3.8, 4) is 11.5 Å². The van der Waals surface area contributed by atoms with Crippen molar-refractivity contribution in [2.75, 3.05) is 32.8 Å². The molecule has 0 spiro atoms. The van der Waals surface area contributed by atoms with Gasteiger partial charge in [-0.05, 0) is 38.8 Å². The Labute approximate surface area is 161 Å². The van der Waals surface area contributed by atoms with Crippen molar-refractivity contribution in [2.24, 2.45) is 0 Å². The van der Waals surface area contributed by atoms with E-state index in [1.54, 1.807) is 0 Å². The van der Waals surface area contributed by atoms with E-state index < -0.39 is 6.10 Å². The lowest BCUT2D eigenvalue weighted by Crippen LogP contribution is -2.50. The van der Waals surface area contributed by atoms with Crippen LogP contribution in [0.4, 0.5) is 0 Å². The second-order valence-electron chi connectivity index (χ2n) is 7.66. The van der Waals surface area contributed by atoms with Crippen LogP contribution in [0.3, 0.4) is 0 Å². The topological polar surface area (TPSA) is 83.1 Å². The molecule has 0 aliphatic carbocycles. The lowest BCUT2D eigenvalue weighted by atomic mass is 10.0. The molecule has 3 N–H and O–H groups in total. The van der Waals surface area contributed by atoms with Crippen LogP contribution in [0.5, 0.6) is 11.5 Å². The SMILES string of the molecule is CC(C)NC(=O)CN1CCC(NCC(O)C2COc3ccccc3O2)CC1. The number of likely N-dealkylation sites (tertiary alicyclic amines) is 1. The van der Waals surface area contributed by atoms with Gasteiger partial charge in [-0.1, -0.05) is 12.1 Å². The lowest BCUT2D eigenvalue weighted by molar-refractivity contribution is -0.123. The molecular weight excluding hydrogens is 346 g/mol. The number of aliphatic hydroxyl groups excluding tert-OH is 1. The van der Waals surface area contributed by atoms with Crippen LogP contribution in [0.25, 0.3) is 0 Å². The number of rotatable bonds is 7. The first-order chi connectivity index (χ1) is 13.0. The average Bonchev–Trinajstić information content (AvgIpc) is 2.66. The Morgan fingerprint density at radius 3 is 2.67 bits per heavy atom. The predicted octanol–water partition coefficient (Wildman–Crippen LogP) is 0.766. The number of amides is 1. The van der Waals surface area contributed by atoms with Crippen LogP contribution in [-0.4, -0.2) is 73.0 Å². The Balaban J connectivity index is 1.36. The van der Waals surface area contributed by atoms with E-state index in [9.17, 15) is 9.90 Å². The van der Waals surface area contributed by atoms with E-state index in [0.29, 0.717) is 31.5 Å². The maximum atomic E-state index is 11.9. The van der Waals surface area contributed by atoms with E-state index in [1.807, 2.05) is 38.1 Å². The van der Waals surface area contributed by atoms with Crippen LogP contribution in [0.1, 0.15) is 26.7 Å². The molecule has 3 rings (SSSR count). The second-order valence-corrected chi connectivity index (χ2v) is 7.66. The van der Waals surface area contributed by atoms with Crippen molar-refractivity contribution in [3.63, 3.8) is 0 Å². The number of benzene rings is 1. The van der Waals surface area contributed by atoms with E-state index >= 15 is 0 Å². The second kappa shape index (κ2) is 9.39. The van der Waals surface area contributed by atoms with E-state index in [2.05, 4.69) is 15.5 Å². The molecule has 1 amide bonds. The van der Waals surface area contributed by atoms with Gasteiger partial charge in [0, 0.05) is 31.7 Å². The summed E-state index contributed by atoms with van der Waals surface area (Å²) < 4.78 is 11.5. The van der Waals surface area contributed by atoms with Gasteiger partial charge in [0.1, 0.15) is 12.7 Å². The van der Waals surface area contributed by atoms with Crippen molar-refractivity contribution >= 4 is 5.91 Å². The minimum atomic E-state index is -0.631. The summed E-state index contributed by atoms with van der Waals surface area (Å²) in [5.74, 6) is 1.49. The molecule has 2 unspecified atom stereocenters. The maximum Gasteiger partial charge on any atom is 0.234 e. The zero-order chi connectivity index (χ0) is 19.2. The Morgan fingerprint density at radius 2 is 1.96 bits per heavy atom. The summed E-state index contributed by atoms with van der Waals surface area (Å²) in [6.45, 7) is 6.99. The molecule has 1 aromatic rings. The van der Waals surface area contributed by atoms with E-state index in [4.69, 9.17) is 9.47 Å². The van der Waals surface area contributed by atoms with Gasteiger partial charge in [0.05, 0.1) is 6.54 Å². The van der Waals surface area contributed by atoms with Crippen LogP contribution in [0.2, 0.25) is 0 Å². The third-order valence-corrected chi connectivity index (χ3v) is 4.98. The number of ether oxygens (including phenoxy) is 2. The Morgan fingerprint density at radius 1 is 1.26 bits per heavy atom. The molecule has 7 nitrogen and oxygen atoms in total. The van der Waals surface area contributed by atoms with Gasteiger partial charge in [-0.25, -0.2) is 0 Å². The monoisotopic (exact) mass is 377 g/mol. The number of hydrogen-bond acceptors (Lipinski definition) is 6. The van der Waals surface area contributed by atoms with Crippen molar-refractivity contribution < 1.29 is 19.4 Å². The molecular formula is C20H31N3O4. The highest BCUT2D eigenvalue weighted by Gasteiger charge is 2.28. The fourth-order valence-corrected chi connectivity index (χ4v) is 3.51. The number of nitrogens with zero attached hydrogens (tertiary/aromatic N) is 1. The minimum Gasteiger partial charge on any atom is -0.486 e. The number of carbonyl (C=O) groups is 1. The summed E-state index contributed by atoms with van der Waals surface area (Å²) in [7, 11) is 0. The zero-order valence-corrected chi connectivity index (χ0v) is 16.2. The van der Waals surface area contributed by atoms with Gasteiger partial charge in [-0.2, -0.15) is 0 Å². The smallest absolute Gasteiger partial charge is 0.234 e. The fourth-order valence-electron chi connectivity index (χ4n) is 3.51. The number of piperidine rings is 1. The molecule has 7 heteroatoms. The molecule has 27 heavy (non-hydrogen) atoms. The zero-order valence-electron chi connectivity index (χ0n) is 16.2. The van der Waals surface area contributed by atoms with Crippen molar-refractivity contribution in [2.45, 2.75) is 51.0 Å². The average molecular weight is 377 g/mol. The molecule has 2 aliphatic heterocycles. The van der Waals surface area contributed by atoms with Crippen LogP contribution in [0, 0.1) is 0 Å². The number of aliphatic hydroxyl groups is 1. The molecule has 1 saturated heterocycles. The first kappa shape index (κ1) is 19.9. The van der Waals surface area contributed by atoms with Crippen LogP contribution in [-0.2, 0) is 4.79 Å². The van der Waals surface area contributed by atoms with Crippen LogP contribution >= 0.6 is 0 Å². The molecule has 1 fully saturated rings. The van der Waals surface area contributed by atoms with Crippen LogP contribution < -0.4 is 20.1 Å². The fraction of sp³-hybridized carbons (Fsp3) is 0.650. The Bertz CT molecular complexity index is 617. The number of carbonyl (C=O) groups excluding carboxylic acids is 1. The Hall–Kier alpha value is -1.83. The largest absolute Gasteiger partial charge is 0.486 e. The van der Waals surface area contributed by atoms with Gasteiger partial charge in [0.2, 0.25) is 5.91 Å². The van der Waals surface area contributed by atoms with Crippen molar-refractivity contribution in [1.82, 2.24) is 15.5 Å². The molecule has 2 aliphatic rings.